The van der Waals surface area contributed by atoms with Gasteiger partial charge in [0.05, 0.1) is 12.6 Å². The summed E-state index contributed by atoms with van der Waals surface area (Å²) in [6, 6.07) is 6.65. The molecule has 2 rings (SSSR count). The summed E-state index contributed by atoms with van der Waals surface area (Å²) in [4.78, 5) is 0. The minimum atomic E-state index is -3.54. The number of hydrogen-bond donors (Lipinski definition) is 1. The van der Waals surface area contributed by atoms with Gasteiger partial charge in [-0.25, -0.2) is 0 Å². The summed E-state index contributed by atoms with van der Waals surface area (Å²) in [5.41, 5.74) is 0.843. The van der Waals surface area contributed by atoms with Crippen molar-refractivity contribution < 1.29 is 12.6 Å². The molecule has 14 heavy (non-hydrogen) atoms. The maximum absolute atomic E-state index is 10.9. The molecular weight excluding hydrogens is 226 g/mol. The highest BCUT2D eigenvalue weighted by Gasteiger charge is 2.28. The largest absolute Gasteiger partial charge is 0.336 e. The Hall–Kier alpha value is -0.620. The third kappa shape index (κ3) is 2.06. The van der Waals surface area contributed by atoms with Gasteiger partial charge in [-0.15, -0.1) is 0 Å². The lowest BCUT2D eigenvalue weighted by molar-refractivity contribution is 0.338. The van der Waals surface area contributed by atoms with Gasteiger partial charge in [-0.2, -0.15) is 13.1 Å². The van der Waals surface area contributed by atoms with Crippen LogP contribution >= 0.6 is 11.6 Å². The van der Waals surface area contributed by atoms with E-state index in [0.29, 0.717) is 5.02 Å². The molecule has 0 bridgehead atoms. The predicted molar refractivity (Wildman–Crippen MR) is 52.2 cm³/mol. The topological polar surface area (TPSA) is 55.4 Å². The van der Waals surface area contributed by atoms with Gasteiger partial charge >= 0.3 is 10.3 Å². The first kappa shape index (κ1) is 9.92. The number of benzene rings is 1. The third-order valence-electron chi connectivity index (χ3n) is 1.95. The second-order valence-electron chi connectivity index (χ2n) is 2.96. The molecule has 0 aliphatic carbocycles. The van der Waals surface area contributed by atoms with Gasteiger partial charge < -0.3 is 0 Å². The molecule has 0 amide bonds. The molecule has 1 saturated heterocycles. The number of nitrogens with one attached hydrogen (secondary N) is 1. The quantitative estimate of drug-likeness (QED) is 0.794. The van der Waals surface area contributed by atoms with Crippen molar-refractivity contribution in [2.24, 2.45) is 0 Å². The van der Waals surface area contributed by atoms with Gasteiger partial charge in [-0.3, -0.25) is 4.18 Å². The Morgan fingerprint density at radius 2 is 2.00 bits per heavy atom. The fourth-order valence-electron chi connectivity index (χ4n) is 1.26. The standard InChI is InChI=1S/C8H8ClNO3S/c9-7-3-1-6(2-4-7)8-5-13-14(11,12)10-8/h1-4,8,10H,5H2/t8-/m1/s1. The molecule has 4 nitrogen and oxygen atoms in total. The van der Waals surface area contributed by atoms with Crippen molar-refractivity contribution in [3.8, 4) is 0 Å². The van der Waals surface area contributed by atoms with E-state index in [1.165, 1.54) is 0 Å². The van der Waals surface area contributed by atoms with Crippen LogP contribution in [0.5, 0.6) is 0 Å². The van der Waals surface area contributed by atoms with Gasteiger partial charge in [0.15, 0.2) is 0 Å². The molecular formula is C8H8ClNO3S. The Morgan fingerprint density at radius 1 is 1.36 bits per heavy atom. The average Bonchev–Trinajstić information content (AvgIpc) is 2.47. The third-order valence-corrected chi connectivity index (χ3v) is 3.22. The van der Waals surface area contributed by atoms with E-state index in [4.69, 9.17) is 11.6 Å². The Labute approximate surface area is 87.1 Å². The van der Waals surface area contributed by atoms with Crippen molar-refractivity contribution in [2.45, 2.75) is 6.04 Å². The summed E-state index contributed by atoms with van der Waals surface area (Å²) < 4.78 is 28.8. The average molecular weight is 234 g/mol. The molecule has 0 spiro atoms. The summed E-state index contributed by atoms with van der Waals surface area (Å²) in [5.74, 6) is 0. The number of rotatable bonds is 1. The van der Waals surface area contributed by atoms with Crippen LogP contribution < -0.4 is 4.72 Å². The molecule has 0 unspecified atom stereocenters. The summed E-state index contributed by atoms with van der Waals surface area (Å²) in [5, 5.41) is 0.621. The van der Waals surface area contributed by atoms with Crippen LogP contribution in [-0.4, -0.2) is 15.0 Å². The van der Waals surface area contributed by atoms with Crippen LogP contribution in [0.4, 0.5) is 0 Å². The van der Waals surface area contributed by atoms with Crippen LogP contribution in [0.3, 0.4) is 0 Å². The van der Waals surface area contributed by atoms with E-state index in [1.54, 1.807) is 24.3 Å². The second-order valence-corrected chi connectivity index (χ2v) is 4.78. The highest BCUT2D eigenvalue weighted by molar-refractivity contribution is 7.84. The first-order valence-electron chi connectivity index (χ1n) is 3.99. The molecule has 0 saturated carbocycles. The summed E-state index contributed by atoms with van der Waals surface area (Å²) in [7, 11) is -3.54. The first-order chi connectivity index (χ1) is 6.57. The van der Waals surface area contributed by atoms with Gasteiger partial charge in [0.2, 0.25) is 0 Å². The van der Waals surface area contributed by atoms with E-state index in [0.717, 1.165) is 5.56 Å². The van der Waals surface area contributed by atoms with E-state index in [9.17, 15) is 8.42 Å². The second kappa shape index (κ2) is 3.51. The Bertz CT molecular complexity index is 428. The summed E-state index contributed by atoms with van der Waals surface area (Å²) in [6.07, 6.45) is 0. The van der Waals surface area contributed by atoms with Crippen molar-refractivity contribution in [3.63, 3.8) is 0 Å². The van der Waals surface area contributed by atoms with Gasteiger partial charge in [0, 0.05) is 5.02 Å². The van der Waals surface area contributed by atoms with Crippen molar-refractivity contribution >= 4 is 21.9 Å². The zero-order chi connectivity index (χ0) is 10.2. The van der Waals surface area contributed by atoms with E-state index >= 15 is 0 Å². The molecule has 1 aliphatic heterocycles. The molecule has 1 atom stereocenters. The monoisotopic (exact) mass is 233 g/mol. The van der Waals surface area contributed by atoms with E-state index in [1.807, 2.05) is 0 Å². The zero-order valence-electron chi connectivity index (χ0n) is 7.10. The maximum Gasteiger partial charge on any atom is 0.336 e. The lowest BCUT2D eigenvalue weighted by Gasteiger charge is -2.06. The van der Waals surface area contributed by atoms with Crippen LogP contribution in [0.2, 0.25) is 5.02 Å². The lowest BCUT2D eigenvalue weighted by Crippen LogP contribution is -2.19. The van der Waals surface area contributed by atoms with Crippen LogP contribution in [-0.2, 0) is 14.5 Å². The van der Waals surface area contributed by atoms with E-state index in [2.05, 4.69) is 8.91 Å². The van der Waals surface area contributed by atoms with Crippen LogP contribution in [0.1, 0.15) is 11.6 Å². The highest BCUT2D eigenvalue weighted by Crippen LogP contribution is 2.22. The molecule has 0 aromatic heterocycles. The lowest BCUT2D eigenvalue weighted by atomic mass is 10.1. The van der Waals surface area contributed by atoms with Crippen molar-refractivity contribution in [3.05, 3.63) is 34.9 Å². The molecule has 1 aromatic carbocycles. The first-order valence-corrected chi connectivity index (χ1v) is 5.77. The normalized spacial score (nSPS) is 25.1. The number of halogens is 1. The fraction of sp³-hybridized carbons (Fsp3) is 0.250. The smallest absolute Gasteiger partial charge is 0.256 e. The molecule has 0 radical (unpaired) electrons. The van der Waals surface area contributed by atoms with Crippen LogP contribution in [0.15, 0.2) is 24.3 Å². The molecule has 1 heterocycles. The summed E-state index contributed by atoms with van der Waals surface area (Å²) >= 11 is 5.70. The van der Waals surface area contributed by atoms with Crippen molar-refractivity contribution in [2.75, 3.05) is 6.61 Å². The highest BCUT2D eigenvalue weighted by atomic mass is 35.5. The fourth-order valence-corrected chi connectivity index (χ4v) is 2.32. The molecule has 76 valence electrons. The molecule has 6 heteroatoms. The van der Waals surface area contributed by atoms with Crippen LogP contribution in [0.25, 0.3) is 0 Å². The van der Waals surface area contributed by atoms with E-state index in [-0.39, 0.29) is 12.6 Å². The van der Waals surface area contributed by atoms with Gasteiger partial charge in [-0.05, 0) is 17.7 Å². The van der Waals surface area contributed by atoms with Gasteiger partial charge in [0.25, 0.3) is 0 Å². The predicted octanol–water partition coefficient (Wildman–Crippen LogP) is 1.25. The van der Waals surface area contributed by atoms with E-state index < -0.39 is 10.3 Å². The van der Waals surface area contributed by atoms with Crippen molar-refractivity contribution in [1.29, 1.82) is 0 Å². The maximum atomic E-state index is 10.9. The Balaban J connectivity index is 2.22. The Kier molecular flexibility index (Phi) is 2.48. The minimum Gasteiger partial charge on any atom is -0.256 e. The SMILES string of the molecule is O=S1(=O)N[C@@H](c2ccc(Cl)cc2)CO1. The van der Waals surface area contributed by atoms with Crippen molar-refractivity contribution in [1.82, 2.24) is 4.72 Å². The molecule has 1 aromatic rings. The molecule has 1 fully saturated rings. The molecule has 1 N–H and O–H groups in total. The molecule has 1 aliphatic rings. The Morgan fingerprint density at radius 3 is 2.50 bits per heavy atom. The summed E-state index contributed by atoms with van der Waals surface area (Å²) in [6.45, 7) is 0.129. The van der Waals surface area contributed by atoms with Gasteiger partial charge in [-0.1, -0.05) is 23.7 Å². The number of hydrogen-bond acceptors (Lipinski definition) is 3. The van der Waals surface area contributed by atoms with Gasteiger partial charge in [0.1, 0.15) is 0 Å². The van der Waals surface area contributed by atoms with Crippen LogP contribution in [0, 0.1) is 0 Å². The zero-order valence-corrected chi connectivity index (χ0v) is 8.68. The minimum absolute atomic E-state index is 0.129.